The fourth-order valence-electron chi connectivity index (χ4n) is 1.97. The van der Waals surface area contributed by atoms with Crippen molar-refractivity contribution in [2.75, 3.05) is 12.4 Å². The van der Waals surface area contributed by atoms with Crippen molar-refractivity contribution in [3.63, 3.8) is 0 Å². The third-order valence-electron chi connectivity index (χ3n) is 2.98. The van der Waals surface area contributed by atoms with E-state index >= 15 is 0 Å². The van der Waals surface area contributed by atoms with Crippen molar-refractivity contribution < 1.29 is 9.53 Å². The number of benzene rings is 1. The van der Waals surface area contributed by atoms with Crippen molar-refractivity contribution in [3.8, 4) is 5.75 Å². The molecule has 0 atom stereocenters. The van der Waals surface area contributed by atoms with Crippen LogP contribution in [0.15, 0.2) is 49.1 Å². The average molecular weight is 280 g/mol. The van der Waals surface area contributed by atoms with Crippen LogP contribution >= 0.6 is 0 Å². The van der Waals surface area contributed by atoms with Gasteiger partial charge in [0.15, 0.2) is 0 Å². The first-order valence-corrected chi connectivity index (χ1v) is 6.28. The van der Waals surface area contributed by atoms with E-state index in [9.17, 15) is 4.79 Å². The molecule has 0 fully saturated rings. The van der Waals surface area contributed by atoms with Crippen molar-refractivity contribution in [2.24, 2.45) is 0 Å². The van der Waals surface area contributed by atoms with Crippen LogP contribution in [0.3, 0.4) is 0 Å². The second-order valence-electron chi connectivity index (χ2n) is 4.30. The lowest BCUT2D eigenvalue weighted by Crippen LogP contribution is -2.13. The Balaban J connectivity index is 1.92. The predicted molar refractivity (Wildman–Crippen MR) is 78.3 cm³/mol. The van der Waals surface area contributed by atoms with Crippen LogP contribution < -0.4 is 10.1 Å². The van der Waals surface area contributed by atoms with Crippen molar-refractivity contribution in [2.45, 2.75) is 0 Å². The summed E-state index contributed by atoms with van der Waals surface area (Å²) in [5.74, 6) is 0.849. The number of nitrogens with one attached hydrogen (secondary N) is 1. The summed E-state index contributed by atoms with van der Waals surface area (Å²) in [5, 5.41) is 3.53. The minimum absolute atomic E-state index is 0.272. The van der Waals surface area contributed by atoms with E-state index < -0.39 is 0 Å². The first kappa shape index (κ1) is 13.0. The third-order valence-corrected chi connectivity index (χ3v) is 2.98. The zero-order chi connectivity index (χ0) is 14.7. The van der Waals surface area contributed by atoms with Crippen LogP contribution in [-0.4, -0.2) is 28.0 Å². The van der Waals surface area contributed by atoms with Crippen LogP contribution in [0.4, 0.5) is 5.82 Å². The summed E-state index contributed by atoms with van der Waals surface area (Å²) in [4.78, 5) is 24.2. The number of carbonyl (C=O) groups excluding carboxylic acids is 1. The molecule has 21 heavy (non-hydrogen) atoms. The molecule has 3 rings (SSSR count). The van der Waals surface area contributed by atoms with E-state index in [1.807, 2.05) is 18.2 Å². The summed E-state index contributed by atoms with van der Waals surface area (Å²) in [7, 11) is 1.59. The van der Waals surface area contributed by atoms with Crippen LogP contribution in [0.5, 0.6) is 5.75 Å². The lowest BCUT2D eigenvalue weighted by Gasteiger charge is -2.07. The molecule has 0 radical (unpaired) electrons. The van der Waals surface area contributed by atoms with E-state index in [0.29, 0.717) is 17.1 Å². The van der Waals surface area contributed by atoms with Crippen LogP contribution in [0.2, 0.25) is 0 Å². The Kier molecular flexibility index (Phi) is 3.42. The highest BCUT2D eigenvalue weighted by Crippen LogP contribution is 2.23. The first-order valence-electron chi connectivity index (χ1n) is 6.28. The van der Waals surface area contributed by atoms with Crippen molar-refractivity contribution in [1.82, 2.24) is 15.0 Å². The average Bonchev–Trinajstić information content (AvgIpc) is 2.54. The van der Waals surface area contributed by atoms with Gasteiger partial charge in [0, 0.05) is 17.8 Å². The Morgan fingerprint density at radius 3 is 2.90 bits per heavy atom. The van der Waals surface area contributed by atoms with E-state index in [-0.39, 0.29) is 5.91 Å². The minimum atomic E-state index is -0.272. The van der Waals surface area contributed by atoms with Gasteiger partial charge in [-0.05, 0) is 18.2 Å². The number of amides is 1. The number of anilines is 1. The molecule has 0 saturated carbocycles. The monoisotopic (exact) mass is 280 g/mol. The molecule has 6 nitrogen and oxygen atoms in total. The molecular formula is C15H12N4O2. The van der Waals surface area contributed by atoms with Gasteiger partial charge >= 0.3 is 0 Å². The topological polar surface area (TPSA) is 77.0 Å². The van der Waals surface area contributed by atoms with Crippen molar-refractivity contribution in [3.05, 3.63) is 54.6 Å². The number of carbonyl (C=O) groups is 1. The maximum absolute atomic E-state index is 12.2. The Bertz CT molecular complexity index is 790. The van der Waals surface area contributed by atoms with E-state index in [1.54, 1.807) is 25.4 Å². The number of rotatable bonds is 3. The van der Waals surface area contributed by atoms with Gasteiger partial charge in [-0.1, -0.05) is 12.1 Å². The Hall–Kier alpha value is -3.02. The molecule has 3 aromatic rings. The van der Waals surface area contributed by atoms with Gasteiger partial charge in [-0.25, -0.2) is 9.97 Å². The van der Waals surface area contributed by atoms with E-state index in [2.05, 4.69) is 20.3 Å². The number of hydrogen-bond acceptors (Lipinski definition) is 5. The molecule has 1 aromatic carbocycles. The van der Waals surface area contributed by atoms with Gasteiger partial charge in [0.2, 0.25) is 0 Å². The van der Waals surface area contributed by atoms with Gasteiger partial charge in [0.25, 0.3) is 5.91 Å². The number of aromatic nitrogens is 3. The largest absolute Gasteiger partial charge is 0.494 e. The Morgan fingerprint density at radius 1 is 1.24 bits per heavy atom. The molecule has 0 aliphatic rings. The second-order valence-corrected chi connectivity index (χ2v) is 4.30. The van der Waals surface area contributed by atoms with Gasteiger partial charge in [-0.3, -0.25) is 9.78 Å². The highest BCUT2D eigenvalue weighted by Gasteiger charge is 2.10. The summed E-state index contributed by atoms with van der Waals surface area (Å²) in [6.45, 7) is 0. The number of ether oxygens (including phenoxy) is 1. The Labute approximate surface area is 120 Å². The fourth-order valence-corrected chi connectivity index (χ4v) is 1.97. The van der Waals surface area contributed by atoms with Crippen LogP contribution in [0.1, 0.15) is 10.4 Å². The van der Waals surface area contributed by atoms with E-state index in [0.717, 1.165) is 10.9 Å². The smallest absolute Gasteiger partial charge is 0.258 e. The molecule has 0 bridgehead atoms. The molecule has 6 heteroatoms. The van der Waals surface area contributed by atoms with Gasteiger partial charge in [0.1, 0.15) is 23.4 Å². The summed E-state index contributed by atoms with van der Waals surface area (Å²) >= 11 is 0. The van der Waals surface area contributed by atoms with Crippen LogP contribution in [0.25, 0.3) is 10.9 Å². The van der Waals surface area contributed by atoms with E-state index in [4.69, 9.17) is 4.74 Å². The standard InChI is InChI=1S/C15H12N4O2/c1-21-12-4-2-3-10-7-11(8-17-14(10)12)15(20)19-13-5-6-16-9-18-13/h2-9H,1H3,(H,16,18,19,20). The maximum Gasteiger partial charge on any atom is 0.258 e. The number of fused-ring (bicyclic) bond motifs is 1. The van der Waals surface area contributed by atoms with Crippen LogP contribution in [0, 0.1) is 0 Å². The zero-order valence-electron chi connectivity index (χ0n) is 11.3. The first-order chi connectivity index (χ1) is 10.3. The number of nitrogens with zero attached hydrogens (tertiary/aromatic N) is 3. The summed E-state index contributed by atoms with van der Waals surface area (Å²) in [6, 6.07) is 8.95. The van der Waals surface area contributed by atoms with Gasteiger partial charge < -0.3 is 10.1 Å². The molecule has 2 heterocycles. The molecule has 0 aliphatic carbocycles. The van der Waals surface area contributed by atoms with Crippen molar-refractivity contribution >= 4 is 22.6 Å². The molecule has 1 amide bonds. The lowest BCUT2D eigenvalue weighted by atomic mass is 10.1. The number of hydrogen-bond donors (Lipinski definition) is 1. The molecule has 2 aromatic heterocycles. The SMILES string of the molecule is COc1cccc2cc(C(=O)Nc3ccncn3)cnc12. The fraction of sp³-hybridized carbons (Fsp3) is 0.0667. The predicted octanol–water partition coefficient (Wildman–Crippen LogP) is 2.29. The molecule has 0 aliphatic heterocycles. The second kappa shape index (κ2) is 5.54. The van der Waals surface area contributed by atoms with Crippen molar-refractivity contribution in [1.29, 1.82) is 0 Å². The van der Waals surface area contributed by atoms with Gasteiger partial charge in [-0.15, -0.1) is 0 Å². The maximum atomic E-state index is 12.2. The number of methoxy groups -OCH3 is 1. The molecule has 0 saturated heterocycles. The molecule has 0 unspecified atom stereocenters. The number of pyridine rings is 1. The van der Waals surface area contributed by atoms with Gasteiger partial charge in [-0.2, -0.15) is 0 Å². The lowest BCUT2D eigenvalue weighted by molar-refractivity contribution is 0.102. The Morgan fingerprint density at radius 2 is 2.14 bits per heavy atom. The third kappa shape index (κ3) is 2.64. The highest BCUT2D eigenvalue weighted by atomic mass is 16.5. The summed E-state index contributed by atoms with van der Waals surface area (Å²) < 4.78 is 5.24. The molecule has 0 spiro atoms. The van der Waals surface area contributed by atoms with E-state index in [1.165, 1.54) is 12.5 Å². The molecular weight excluding hydrogens is 268 g/mol. The minimum Gasteiger partial charge on any atom is -0.494 e. The molecule has 104 valence electrons. The van der Waals surface area contributed by atoms with Crippen LogP contribution in [-0.2, 0) is 0 Å². The number of para-hydroxylation sites is 1. The van der Waals surface area contributed by atoms with Gasteiger partial charge in [0.05, 0.1) is 12.7 Å². The molecule has 1 N–H and O–H groups in total. The summed E-state index contributed by atoms with van der Waals surface area (Å²) in [5.41, 5.74) is 1.17. The highest BCUT2D eigenvalue weighted by molar-refractivity contribution is 6.05. The zero-order valence-corrected chi connectivity index (χ0v) is 11.3. The normalized spacial score (nSPS) is 10.3. The quantitative estimate of drug-likeness (QED) is 0.796. The summed E-state index contributed by atoms with van der Waals surface area (Å²) in [6.07, 6.45) is 4.45.